The summed E-state index contributed by atoms with van der Waals surface area (Å²) in [4.78, 5) is 10.5. The van der Waals surface area contributed by atoms with E-state index in [0.717, 1.165) is 72.1 Å². The average molecular weight is 654 g/mol. The summed E-state index contributed by atoms with van der Waals surface area (Å²) in [6, 6.07) is 61.6. The first-order valence-corrected chi connectivity index (χ1v) is 17.3. The van der Waals surface area contributed by atoms with Crippen LogP contribution in [0.3, 0.4) is 0 Å². The fourth-order valence-electron chi connectivity index (χ4n) is 7.43. The molecule has 1 atom stereocenters. The first kappa shape index (κ1) is 29.2. The summed E-state index contributed by atoms with van der Waals surface area (Å²) in [6.45, 7) is 0. The Hall–Kier alpha value is -6.78. The largest absolute Gasteiger partial charge is 0.456 e. The first-order valence-electron chi connectivity index (χ1n) is 17.3. The van der Waals surface area contributed by atoms with Crippen LogP contribution in [0.1, 0.15) is 22.9 Å². The minimum Gasteiger partial charge on any atom is -0.456 e. The number of fused-ring (bicyclic) bond motifs is 6. The number of benzene rings is 8. The highest BCUT2D eigenvalue weighted by Gasteiger charge is 2.24. The van der Waals surface area contributed by atoms with Crippen LogP contribution in [0.25, 0.3) is 65.7 Å². The highest BCUT2D eigenvalue weighted by Crippen LogP contribution is 2.38. The Morgan fingerprint density at radius 3 is 1.92 bits per heavy atom. The van der Waals surface area contributed by atoms with Crippen LogP contribution in [0.15, 0.2) is 190 Å². The van der Waals surface area contributed by atoms with E-state index in [1.807, 2.05) is 24.3 Å². The van der Waals surface area contributed by atoms with Crippen LogP contribution in [0.5, 0.6) is 0 Å². The summed E-state index contributed by atoms with van der Waals surface area (Å²) < 4.78 is 6.39. The summed E-state index contributed by atoms with van der Waals surface area (Å²) in [5.74, 6) is 1.51. The van der Waals surface area contributed by atoms with Crippen LogP contribution in [-0.4, -0.2) is 11.7 Å². The molecule has 4 nitrogen and oxygen atoms in total. The molecular weight excluding hydrogens is 623 g/mol. The summed E-state index contributed by atoms with van der Waals surface area (Å²) >= 11 is 0. The van der Waals surface area contributed by atoms with Crippen LogP contribution < -0.4 is 5.32 Å². The number of nitrogens with zero attached hydrogens (tertiary/aromatic N) is 2. The highest BCUT2D eigenvalue weighted by atomic mass is 16.3. The van der Waals surface area contributed by atoms with Gasteiger partial charge in [0.2, 0.25) is 0 Å². The molecule has 51 heavy (non-hydrogen) atoms. The van der Waals surface area contributed by atoms with Crippen LogP contribution in [0, 0.1) is 0 Å². The van der Waals surface area contributed by atoms with Crippen molar-refractivity contribution in [2.45, 2.75) is 6.17 Å². The van der Waals surface area contributed by atoms with Gasteiger partial charge in [-0.3, -0.25) is 0 Å². The number of rotatable bonds is 5. The monoisotopic (exact) mass is 653 g/mol. The maximum absolute atomic E-state index is 6.39. The smallest absolute Gasteiger partial charge is 0.160 e. The number of hydrogen-bond acceptors (Lipinski definition) is 4. The molecule has 240 valence electrons. The lowest BCUT2D eigenvalue weighted by Gasteiger charge is -2.25. The predicted octanol–water partition coefficient (Wildman–Crippen LogP) is 11.7. The molecule has 4 heteroatoms. The van der Waals surface area contributed by atoms with Crippen molar-refractivity contribution in [1.29, 1.82) is 0 Å². The van der Waals surface area contributed by atoms with Crippen molar-refractivity contribution in [3.8, 4) is 22.3 Å². The minimum atomic E-state index is -0.283. The second-order valence-corrected chi connectivity index (χ2v) is 13.0. The molecule has 0 fully saturated rings. The molecule has 2 heterocycles. The number of hydrogen-bond donors (Lipinski definition) is 1. The van der Waals surface area contributed by atoms with E-state index in [4.69, 9.17) is 14.4 Å². The third kappa shape index (κ3) is 5.08. The van der Waals surface area contributed by atoms with Crippen molar-refractivity contribution in [1.82, 2.24) is 5.32 Å². The maximum atomic E-state index is 6.39. The minimum absolute atomic E-state index is 0.283. The van der Waals surface area contributed by atoms with Crippen molar-refractivity contribution in [3.63, 3.8) is 0 Å². The molecule has 0 bridgehead atoms. The zero-order valence-corrected chi connectivity index (χ0v) is 27.6. The lowest BCUT2D eigenvalue weighted by atomic mass is 9.92. The van der Waals surface area contributed by atoms with Crippen LogP contribution in [0.4, 0.5) is 0 Å². The molecule has 0 saturated carbocycles. The molecule has 10 rings (SSSR count). The zero-order chi connectivity index (χ0) is 33.7. The van der Waals surface area contributed by atoms with E-state index in [1.54, 1.807) is 0 Å². The molecule has 1 N–H and O–H groups in total. The van der Waals surface area contributed by atoms with Crippen LogP contribution >= 0.6 is 0 Å². The molecule has 8 aromatic carbocycles. The molecule has 0 aliphatic carbocycles. The quantitative estimate of drug-likeness (QED) is 0.201. The van der Waals surface area contributed by atoms with E-state index in [-0.39, 0.29) is 6.17 Å². The Morgan fingerprint density at radius 1 is 0.471 bits per heavy atom. The van der Waals surface area contributed by atoms with Crippen molar-refractivity contribution >= 4 is 55.2 Å². The Kier molecular flexibility index (Phi) is 6.85. The van der Waals surface area contributed by atoms with Gasteiger partial charge in [-0.1, -0.05) is 158 Å². The van der Waals surface area contributed by atoms with Gasteiger partial charge in [0.1, 0.15) is 23.2 Å². The Morgan fingerprint density at radius 2 is 1.12 bits per heavy atom. The molecule has 1 unspecified atom stereocenters. The van der Waals surface area contributed by atoms with Gasteiger partial charge < -0.3 is 9.73 Å². The number of nitrogens with one attached hydrogen (secondary N) is 1. The third-order valence-electron chi connectivity index (χ3n) is 9.95. The van der Waals surface area contributed by atoms with Gasteiger partial charge in [-0.2, -0.15) is 0 Å². The van der Waals surface area contributed by atoms with E-state index < -0.39 is 0 Å². The Labute approximate surface area is 295 Å². The average Bonchev–Trinajstić information content (AvgIpc) is 3.59. The van der Waals surface area contributed by atoms with E-state index in [1.165, 1.54) is 16.2 Å². The molecule has 9 aromatic rings. The summed E-state index contributed by atoms with van der Waals surface area (Å²) in [6.07, 6.45) is -0.283. The molecule has 1 aromatic heterocycles. The second kappa shape index (κ2) is 12.0. The topological polar surface area (TPSA) is 49.9 Å². The van der Waals surface area contributed by atoms with Crippen molar-refractivity contribution < 1.29 is 4.42 Å². The predicted molar refractivity (Wildman–Crippen MR) is 211 cm³/mol. The Balaban J connectivity index is 1.09. The van der Waals surface area contributed by atoms with E-state index >= 15 is 0 Å². The molecule has 0 spiro atoms. The van der Waals surface area contributed by atoms with E-state index in [9.17, 15) is 0 Å². The molecular formula is C47H31N3O. The fourth-order valence-corrected chi connectivity index (χ4v) is 7.43. The van der Waals surface area contributed by atoms with Gasteiger partial charge in [-0.15, -0.1) is 0 Å². The molecule has 1 aliphatic heterocycles. The second-order valence-electron chi connectivity index (χ2n) is 13.0. The van der Waals surface area contributed by atoms with Gasteiger partial charge in [0.25, 0.3) is 0 Å². The van der Waals surface area contributed by atoms with Gasteiger partial charge in [0, 0.05) is 21.9 Å². The van der Waals surface area contributed by atoms with E-state index in [2.05, 4.69) is 157 Å². The lowest BCUT2D eigenvalue weighted by Crippen LogP contribution is -2.33. The fraction of sp³-hybridized carbons (Fsp3) is 0.0213. The maximum Gasteiger partial charge on any atom is 0.160 e. The van der Waals surface area contributed by atoms with Gasteiger partial charge in [-0.25, -0.2) is 9.98 Å². The normalized spacial score (nSPS) is 14.5. The van der Waals surface area contributed by atoms with Crippen LogP contribution in [0.2, 0.25) is 0 Å². The zero-order valence-electron chi connectivity index (χ0n) is 27.6. The van der Waals surface area contributed by atoms with Crippen LogP contribution in [-0.2, 0) is 0 Å². The summed E-state index contributed by atoms with van der Waals surface area (Å²) in [5.41, 5.74) is 9.35. The lowest BCUT2D eigenvalue weighted by molar-refractivity contribution is 0.669. The molecule has 0 radical (unpaired) electrons. The van der Waals surface area contributed by atoms with Gasteiger partial charge in [0.15, 0.2) is 5.84 Å². The van der Waals surface area contributed by atoms with Gasteiger partial charge >= 0.3 is 0 Å². The first-order chi connectivity index (χ1) is 25.3. The standard InChI is InChI=1S/C47H31N3O/c1-3-13-34(14-4-1)45-48-46(35-15-5-2-6-16-35)50-47(49-45)44-38-18-10-8-11-31(38)23-26-39(44)33-21-19-30(20-22-33)36-24-27-40-42(29-36)51-41-28-25-32-12-7-9-17-37(32)43(40)41/h1-29,45H,(H,48,49,50). The Bertz CT molecular complexity index is 2820. The van der Waals surface area contributed by atoms with Gasteiger partial charge in [-0.05, 0) is 67.6 Å². The van der Waals surface area contributed by atoms with Crippen molar-refractivity contribution in [2.24, 2.45) is 9.98 Å². The molecule has 1 aliphatic rings. The highest BCUT2D eigenvalue weighted by molar-refractivity contribution is 6.21. The number of furan rings is 1. The summed E-state index contributed by atoms with van der Waals surface area (Å²) in [7, 11) is 0. The number of aliphatic imine (C=N–C) groups is 2. The van der Waals surface area contributed by atoms with E-state index in [0.29, 0.717) is 5.84 Å². The molecule has 0 amide bonds. The van der Waals surface area contributed by atoms with Crippen molar-refractivity contribution in [2.75, 3.05) is 0 Å². The molecule has 0 saturated heterocycles. The number of amidine groups is 2. The third-order valence-corrected chi connectivity index (χ3v) is 9.95. The summed E-state index contributed by atoms with van der Waals surface area (Å²) in [5, 5.41) is 10.6. The van der Waals surface area contributed by atoms with Gasteiger partial charge in [0.05, 0.1) is 0 Å². The SMILES string of the molecule is c1ccc(C2=NC(c3c(-c4ccc(-c5ccc6c(c5)oc5ccc7ccccc7c56)cc4)ccc4ccccc34)=NC(c3ccccc3)N2)cc1. The van der Waals surface area contributed by atoms with Crippen molar-refractivity contribution in [3.05, 3.63) is 193 Å².